The summed E-state index contributed by atoms with van der Waals surface area (Å²) in [5.41, 5.74) is 4.75. The van der Waals surface area contributed by atoms with Crippen LogP contribution < -0.4 is 5.43 Å². The van der Waals surface area contributed by atoms with Gasteiger partial charge in [-0.3, -0.25) is 4.79 Å². The zero-order valence-electron chi connectivity index (χ0n) is 15.3. The molecule has 7 heteroatoms. The number of sulfonamides is 1. The first kappa shape index (κ1) is 19.6. The van der Waals surface area contributed by atoms with Crippen molar-refractivity contribution in [3.63, 3.8) is 0 Å². The fourth-order valence-electron chi connectivity index (χ4n) is 2.79. The second-order valence-electron chi connectivity index (χ2n) is 7.57. The molecule has 6 nitrogen and oxygen atoms in total. The highest BCUT2D eigenvalue weighted by molar-refractivity contribution is 7.88. The van der Waals surface area contributed by atoms with E-state index in [-0.39, 0.29) is 23.8 Å². The molecule has 1 heterocycles. The Morgan fingerprint density at radius 1 is 1.28 bits per heavy atom. The molecule has 1 atom stereocenters. The smallest absolute Gasteiger partial charge is 0.244 e. The lowest BCUT2D eigenvalue weighted by Crippen LogP contribution is -2.44. The largest absolute Gasteiger partial charge is 0.273 e. The first-order valence-corrected chi connectivity index (χ1v) is 10.3. The molecule has 1 aromatic rings. The Bertz CT molecular complexity index is 734. The van der Waals surface area contributed by atoms with Gasteiger partial charge in [0.05, 0.1) is 18.4 Å². The Morgan fingerprint density at radius 3 is 2.48 bits per heavy atom. The molecule has 0 aliphatic carbocycles. The lowest BCUT2D eigenvalue weighted by Gasteiger charge is -2.29. The lowest BCUT2D eigenvalue weighted by molar-refractivity contribution is -0.126. The summed E-state index contributed by atoms with van der Waals surface area (Å²) >= 11 is 0. The fourth-order valence-corrected chi connectivity index (χ4v) is 3.70. The zero-order chi connectivity index (χ0) is 18.7. The van der Waals surface area contributed by atoms with Crippen molar-refractivity contribution in [3.8, 4) is 0 Å². The van der Waals surface area contributed by atoms with Crippen LogP contribution in [0.2, 0.25) is 0 Å². The van der Waals surface area contributed by atoms with Crippen molar-refractivity contribution >= 4 is 22.1 Å². The van der Waals surface area contributed by atoms with Gasteiger partial charge in [0.2, 0.25) is 15.9 Å². The van der Waals surface area contributed by atoms with Crippen LogP contribution in [0.3, 0.4) is 0 Å². The van der Waals surface area contributed by atoms with E-state index in [1.165, 1.54) is 16.1 Å². The van der Waals surface area contributed by atoms with Crippen molar-refractivity contribution in [2.24, 2.45) is 11.0 Å². The van der Waals surface area contributed by atoms with Gasteiger partial charge in [0, 0.05) is 13.1 Å². The summed E-state index contributed by atoms with van der Waals surface area (Å²) in [6, 6.07) is 8.02. The van der Waals surface area contributed by atoms with E-state index in [1.807, 2.05) is 24.3 Å². The van der Waals surface area contributed by atoms with Crippen LogP contribution in [0.5, 0.6) is 0 Å². The summed E-state index contributed by atoms with van der Waals surface area (Å²) in [6.45, 7) is 7.16. The SMILES string of the molecule is CC(C)(C)c1ccc(/C=N/NC(=O)C2CCCN(S(C)(=O)=O)C2)cc1. The average Bonchev–Trinajstić information content (AvgIpc) is 2.54. The Kier molecular flexibility index (Phi) is 6.00. The highest BCUT2D eigenvalue weighted by atomic mass is 32.2. The average molecular weight is 365 g/mol. The maximum atomic E-state index is 12.2. The number of carbonyl (C=O) groups excluding carboxylic acids is 1. The molecular formula is C18H27N3O3S. The van der Waals surface area contributed by atoms with E-state index in [0.29, 0.717) is 19.4 Å². The summed E-state index contributed by atoms with van der Waals surface area (Å²) in [6.07, 6.45) is 4.13. The Labute approximate surface area is 150 Å². The molecular weight excluding hydrogens is 338 g/mol. The van der Waals surface area contributed by atoms with Gasteiger partial charge in [0.15, 0.2) is 0 Å². The number of hydrogen-bond donors (Lipinski definition) is 1. The van der Waals surface area contributed by atoms with Crippen LogP contribution in [0.25, 0.3) is 0 Å². The summed E-state index contributed by atoms with van der Waals surface area (Å²) in [5.74, 6) is -0.597. The molecule has 1 saturated heterocycles. The van der Waals surface area contributed by atoms with Gasteiger partial charge in [-0.2, -0.15) is 5.10 Å². The van der Waals surface area contributed by atoms with Crippen LogP contribution in [-0.4, -0.2) is 44.2 Å². The number of hydrazone groups is 1. The van der Waals surface area contributed by atoms with Crippen molar-refractivity contribution < 1.29 is 13.2 Å². The van der Waals surface area contributed by atoms with E-state index < -0.39 is 10.0 Å². The molecule has 0 radical (unpaired) electrons. The molecule has 0 bridgehead atoms. The number of rotatable bonds is 4. The van der Waals surface area contributed by atoms with Gasteiger partial charge < -0.3 is 0 Å². The zero-order valence-corrected chi connectivity index (χ0v) is 16.1. The first-order valence-electron chi connectivity index (χ1n) is 8.46. The van der Waals surface area contributed by atoms with Crippen molar-refractivity contribution in [1.29, 1.82) is 0 Å². The van der Waals surface area contributed by atoms with Crippen molar-refractivity contribution in [2.75, 3.05) is 19.3 Å². The Balaban J connectivity index is 1.92. The number of carbonyl (C=O) groups is 1. The molecule has 1 aliphatic rings. The molecule has 0 saturated carbocycles. The molecule has 1 unspecified atom stereocenters. The van der Waals surface area contributed by atoms with Crippen LogP contribution in [-0.2, 0) is 20.2 Å². The molecule has 1 aliphatic heterocycles. The third kappa shape index (κ3) is 5.64. The normalized spacial score (nSPS) is 19.9. The Hall–Kier alpha value is -1.73. The maximum Gasteiger partial charge on any atom is 0.244 e. The van der Waals surface area contributed by atoms with Crippen molar-refractivity contribution in [3.05, 3.63) is 35.4 Å². The monoisotopic (exact) mass is 365 g/mol. The van der Waals surface area contributed by atoms with Crippen molar-refractivity contribution in [1.82, 2.24) is 9.73 Å². The number of piperidine rings is 1. The van der Waals surface area contributed by atoms with Gasteiger partial charge in [-0.25, -0.2) is 18.1 Å². The molecule has 1 N–H and O–H groups in total. The number of hydrogen-bond acceptors (Lipinski definition) is 4. The molecule has 0 spiro atoms. The third-order valence-corrected chi connectivity index (χ3v) is 5.66. The summed E-state index contributed by atoms with van der Waals surface area (Å²) in [4.78, 5) is 12.2. The minimum atomic E-state index is -3.26. The van der Waals surface area contributed by atoms with E-state index in [9.17, 15) is 13.2 Å². The quantitative estimate of drug-likeness (QED) is 0.656. The molecule has 25 heavy (non-hydrogen) atoms. The van der Waals surface area contributed by atoms with Crippen LogP contribution in [0, 0.1) is 5.92 Å². The van der Waals surface area contributed by atoms with E-state index in [0.717, 1.165) is 5.56 Å². The molecule has 1 amide bonds. The van der Waals surface area contributed by atoms with Crippen LogP contribution in [0.1, 0.15) is 44.7 Å². The van der Waals surface area contributed by atoms with Gasteiger partial charge in [-0.05, 0) is 29.4 Å². The minimum absolute atomic E-state index is 0.0936. The standard InChI is InChI=1S/C18H27N3O3S/c1-18(2,3)16-9-7-14(8-10-16)12-19-20-17(22)15-6-5-11-21(13-15)25(4,23)24/h7-10,12,15H,5-6,11,13H2,1-4H3,(H,20,22)/b19-12+. The van der Waals surface area contributed by atoms with Crippen LogP contribution in [0.4, 0.5) is 0 Å². The summed E-state index contributed by atoms with van der Waals surface area (Å²) in [5, 5.41) is 4.00. The van der Waals surface area contributed by atoms with Gasteiger partial charge >= 0.3 is 0 Å². The van der Waals surface area contributed by atoms with Crippen LogP contribution >= 0.6 is 0 Å². The molecule has 0 aromatic heterocycles. The van der Waals surface area contributed by atoms with E-state index in [4.69, 9.17) is 0 Å². The van der Waals surface area contributed by atoms with E-state index >= 15 is 0 Å². The molecule has 1 fully saturated rings. The summed E-state index contributed by atoms with van der Waals surface area (Å²) in [7, 11) is -3.26. The van der Waals surface area contributed by atoms with Gasteiger partial charge in [-0.15, -0.1) is 0 Å². The predicted molar refractivity (Wildman–Crippen MR) is 100 cm³/mol. The number of nitrogens with zero attached hydrogens (tertiary/aromatic N) is 2. The topological polar surface area (TPSA) is 78.8 Å². The second-order valence-corrected chi connectivity index (χ2v) is 9.55. The summed E-state index contributed by atoms with van der Waals surface area (Å²) < 4.78 is 24.6. The second kappa shape index (κ2) is 7.66. The number of amides is 1. The molecule has 138 valence electrons. The highest BCUT2D eigenvalue weighted by Crippen LogP contribution is 2.22. The predicted octanol–water partition coefficient (Wildman–Crippen LogP) is 2.11. The Morgan fingerprint density at radius 2 is 1.92 bits per heavy atom. The maximum absolute atomic E-state index is 12.2. The minimum Gasteiger partial charge on any atom is -0.273 e. The first-order chi connectivity index (χ1) is 11.6. The van der Waals surface area contributed by atoms with Gasteiger partial charge in [-0.1, -0.05) is 45.0 Å². The highest BCUT2D eigenvalue weighted by Gasteiger charge is 2.29. The molecule has 2 rings (SSSR count). The number of nitrogens with one attached hydrogen (secondary N) is 1. The van der Waals surface area contributed by atoms with Gasteiger partial charge in [0.25, 0.3) is 0 Å². The van der Waals surface area contributed by atoms with E-state index in [1.54, 1.807) is 6.21 Å². The van der Waals surface area contributed by atoms with Crippen LogP contribution in [0.15, 0.2) is 29.4 Å². The van der Waals surface area contributed by atoms with Crippen molar-refractivity contribution in [2.45, 2.75) is 39.0 Å². The van der Waals surface area contributed by atoms with E-state index in [2.05, 4.69) is 31.3 Å². The number of benzene rings is 1. The lowest BCUT2D eigenvalue weighted by atomic mass is 9.87. The fraction of sp³-hybridized carbons (Fsp3) is 0.556. The molecule has 1 aromatic carbocycles. The van der Waals surface area contributed by atoms with Gasteiger partial charge in [0.1, 0.15) is 0 Å². The third-order valence-electron chi connectivity index (χ3n) is 4.39.